The van der Waals surface area contributed by atoms with Gasteiger partial charge in [0.2, 0.25) is 0 Å². The smallest absolute Gasteiger partial charge is 0.190 e. The lowest BCUT2D eigenvalue weighted by Gasteiger charge is -2.12. The van der Waals surface area contributed by atoms with Crippen LogP contribution in [0.4, 0.5) is 0 Å². The molecule has 2 rings (SSSR count). The summed E-state index contributed by atoms with van der Waals surface area (Å²) in [4.78, 5) is 8.53. The zero-order valence-corrected chi connectivity index (χ0v) is 17.2. The summed E-state index contributed by atoms with van der Waals surface area (Å²) in [6, 6.07) is 14.0. The molecule has 0 fully saturated rings. The van der Waals surface area contributed by atoms with Crippen molar-refractivity contribution in [1.82, 2.24) is 15.6 Å². The molecule has 0 spiro atoms. The second-order valence-corrected chi connectivity index (χ2v) is 5.46. The number of hydrogen-bond acceptors (Lipinski definition) is 3. The maximum Gasteiger partial charge on any atom is 0.190 e. The fourth-order valence-electron chi connectivity index (χ4n) is 2.26. The van der Waals surface area contributed by atoms with Crippen molar-refractivity contribution < 1.29 is 4.74 Å². The number of nitrogens with one attached hydrogen (secondary N) is 2. The van der Waals surface area contributed by atoms with Crippen LogP contribution in [0.3, 0.4) is 0 Å². The van der Waals surface area contributed by atoms with Crippen LogP contribution >= 0.6 is 24.0 Å². The minimum Gasteiger partial charge on any atom is -0.493 e. The van der Waals surface area contributed by atoms with E-state index in [4.69, 9.17) is 4.74 Å². The standard InChI is InChI=1S/C19H26N4O.HI/c1-16-8-3-4-10-18(16)24-15-7-13-22-19(20-2)23-14-11-17-9-5-6-12-21-17;/h3-6,8-10,12H,7,11,13-15H2,1-2H3,(H2,20,22,23);1H. The Bertz CT molecular complexity index is 634. The summed E-state index contributed by atoms with van der Waals surface area (Å²) >= 11 is 0. The number of benzene rings is 1. The van der Waals surface area contributed by atoms with Crippen LogP contribution in [0, 0.1) is 6.92 Å². The van der Waals surface area contributed by atoms with Gasteiger partial charge in [0.25, 0.3) is 0 Å². The molecule has 0 saturated carbocycles. The zero-order valence-electron chi connectivity index (χ0n) is 14.9. The molecule has 1 heterocycles. The quantitative estimate of drug-likeness (QED) is 0.279. The highest BCUT2D eigenvalue weighted by Gasteiger charge is 2.00. The maximum absolute atomic E-state index is 5.78. The summed E-state index contributed by atoms with van der Waals surface area (Å²) in [5.41, 5.74) is 2.24. The lowest BCUT2D eigenvalue weighted by Crippen LogP contribution is -2.39. The van der Waals surface area contributed by atoms with Crippen molar-refractivity contribution in [3.63, 3.8) is 0 Å². The van der Waals surface area contributed by atoms with Gasteiger partial charge in [0, 0.05) is 38.4 Å². The Morgan fingerprint density at radius 3 is 2.56 bits per heavy atom. The molecule has 1 aromatic carbocycles. The third kappa shape index (κ3) is 8.20. The lowest BCUT2D eigenvalue weighted by atomic mass is 10.2. The van der Waals surface area contributed by atoms with Crippen molar-refractivity contribution in [2.24, 2.45) is 4.99 Å². The van der Waals surface area contributed by atoms with Gasteiger partial charge in [-0.1, -0.05) is 24.3 Å². The second kappa shape index (κ2) is 12.5. The first kappa shape index (κ1) is 21.2. The van der Waals surface area contributed by atoms with Crippen molar-refractivity contribution in [2.75, 3.05) is 26.7 Å². The summed E-state index contributed by atoms with van der Waals surface area (Å²) in [6.45, 7) is 4.36. The highest BCUT2D eigenvalue weighted by atomic mass is 127. The first-order chi connectivity index (χ1) is 11.8. The van der Waals surface area contributed by atoms with Crippen LogP contribution in [-0.4, -0.2) is 37.7 Å². The molecule has 6 heteroatoms. The van der Waals surface area contributed by atoms with Gasteiger partial charge < -0.3 is 15.4 Å². The molecule has 0 saturated heterocycles. The summed E-state index contributed by atoms with van der Waals surface area (Å²) < 4.78 is 5.78. The van der Waals surface area contributed by atoms with Crippen molar-refractivity contribution in [3.05, 3.63) is 59.9 Å². The van der Waals surface area contributed by atoms with Crippen LogP contribution in [0.1, 0.15) is 17.7 Å². The number of para-hydroxylation sites is 1. The van der Waals surface area contributed by atoms with Gasteiger partial charge in [-0.15, -0.1) is 24.0 Å². The summed E-state index contributed by atoms with van der Waals surface area (Å²) in [5, 5.41) is 6.59. The predicted molar refractivity (Wildman–Crippen MR) is 114 cm³/mol. The fraction of sp³-hybridized carbons (Fsp3) is 0.368. The largest absolute Gasteiger partial charge is 0.493 e. The van der Waals surface area contributed by atoms with Crippen molar-refractivity contribution >= 4 is 29.9 Å². The van der Waals surface area contributed by atoms with E-state index in [1.165, 1.54) is 0 Å². The van der Waals surface area contributed by atoms with E-state index in [1.807, 2.05) is 42.6 Å². The van der Waals surface area contributed by atoms with Gasteiger partial charge in [-0.05, 0) is 37.1 Å². The zero-order chi connectivity index (χ0) is 17.0. The summed E-state index contributed by atoms with van der Waals surface area (Å²) in [7, 11) is 1.78. The summed E-state index contributed by atoms with van der Waals surface area (Å²) in [5.74, 6) is 1.76. The number of ether oxygens (including phenoxy) is 1. The molecule has 2 aromatic rings. The number of aromatic nitrogens is 1. The molecule has 0 atom stereocenters. The number of pyridine rings is 1. The molecule has 1 aromatic heterocycles. The van der Waals surface area contributed by atoms with E-state index < -0.39 is 0 Å². The van der Waals surface area contributed by atoms with Crippen molar-refractivity contribution in [1.29, 1.82) is 0 Å². The maximum atomic E-state index is 5.78. The number of halogens is 1. The van der Waals surface area contributed by atoms with E-state index in [2.05, 4.69) is 33.6 Å². The van der Waals surface area contributed by atoms with Gasteiger partial charge in [-0.2, -0.15) is 0 Å². The van der Waals surface area contributed by atoms with E-state index in [1.54, 1.807) is 7.05 Å². The molecule has 136 valence electrons. The molecule has 0 unspecified atom stereocenters. The van der Waals surface area contributed by atoms with Crippen molar-refractivity contribution in [2.45, 2.75) is 19.8 Å². The van der Waals surface area contributed by atoms with Crippen LogP contribution in [0.5, 0.6) is 5.75 Å². The molecule has 0 amide bonds. The number of rotatable bonds is 8. The molecule has 5 nitrogen and oxygen atoms in total. The van der Waals surface area contributed by atoms with E-state index in [0.29, 0.717) is 6.61 Å². The number of nitrogens with zero attached hydrogens (tertiary/aromatic N) is 2. The van der Waals surface area contributed by atoms with Gasteiger partial charge in [0.1, 0.15) is 5.75 Å². The first-order valence-electron chi connectivity index (χ1n) is 8.32. The molecule has 0 radical (unpaired) electrons. The number of aryl methyl sites for hydroxylation is 1. The Morgan fingerprint density at radius 2 is 1.84 bits per heavy atom. The Balaban J connectivity index is 0.00000312. The number of aliphatic imine (C=N–C) groups is 1. The lowest BCUT2D eigenvalue weighted by molar-refractivity contribution is 0.309. The fourth-order valence-corrected chi connectivity index (χ4v) is 2.26. The highest BCUT2D eigenvalue weighted by Crippen LogP contribution is 2.15. The second-order valence-electron chi connectivity index (χ2n) is 5.46. The van der Waals surface area contributed by atoms with Gasteiger partial charge in [-0.25, -0.2) is 0 Å². The predicted octanol–water partition coefficient (Wildman–Crippen LogP) is 3.18. The molecule has 25 heavy (non-hydrogen) atoms. The monoisotopic (exact) mass is 454 g/mol. The third-order valence-electron chi connectivity index (χ3n) is 3.59. The van der Waals surface area contributed by atoms with Gasteiger partial charge >= 0.3 is 0 Å². The molecule has 0 aliphatic rings. The van der Waals surface area contributed by atoms with E-state index in [9.17, 15) is 0 Å². The van der Waals surface area contributed by atoms with E-state index >= 15 is 0 Å². The van der Waals surface area contributed by atoms with Crippen LogP contribution < -0.4 is 15.4 Å². The van der Waals surface area contributed by atoms with Gasteiger partial charge in [-0.3, -0.25) is 9.98 Å². The van der Waals surface area contributed by atoms with E-state index in [-0.39, 0.29) is 24.0 Å². The van der Waals surface area contributed by atoms with Gasteiger partial charge in [0.15, 0.2) is 5.96 Å². The Morgan fingerprint density at radius 1 is 1.08 bits per heavy atom. The third-order valence-corrected chi connectivity index (χ3v) is 3.59. The molecule has 0 aliphatic carbocycles. The topological polar surface area (TPSA) is 58.5 Å². The van der Waals surface area contributed by atoms with Crippen LogP contribution in [0.2, 0.25) is 0 Å². The Hall–Kier alpha value is -1.83. The first-order valence-corrected chi connectivity index (χ1v) is 8.32. The average molecular weight is 454 g/mol. The minimum atomic E-state index is 0. The normalized spacial score (nSPS) is 10.7. The number of hydrogen-bond donors (Lipinski definition) is 2. The molecule has 0 aliphatic heterocycles. The SMILES string of the molecule is CN=C(NCCCOc1ccccc1C)NCCc1ccccn1.I. The van der Waals surface area contributed by atoms with Crippen LogP contribution in [0.15, 0.2) is 53.7 Å². The van der Waals surface area contributed by atoms with Crippen LogP contribution in [-0.2, 0) is 6.42 Å². The Labute approximate surface area is 167 Å². The highest BCUT2D eigenvalue weighted by molar-refractivity contribution is 14.0. The minimum absolute atomic E-state index is 0. The van der Waals surface area contributed by atoms with E-state index in [0.717, 1.165) is 48.9 Å². The molecular formula is C19H27IN4O. The Kier molecular flexibility index (Phi) is 10.6. The molecular weight excluding hydrogens is 427 g/mol. The van der Waals surface area contributed by atoms with Gasteiger partial charge in [0.05, 0.1) is 6.61 Å². The summed E-state index contributed by atoms with van der Waals surface area (Å²) in [6.07, 6.45) is 3.60. The molecule has 0 bridgehead atoms. The van der Waals surface area contributed by atoms with Crippen LogP contribution in [0.25, 0.3) is 0 Å². The number of guanidine groups is 1. The average Bonchev–Trinajstić information content (AvgIpc) is 2.62. The van der Waals surface area contributed by atoms with Crippen molar-refractivity contribution in [3.8, 4) is 5.75 Å². The molecule has 2 N–H and O–H groups in total.